The van der Waals surface area contributed by atoms with Gasteiger partial charge in [-0.05, 0) is 12.5 Å². The van der Waals surface area contributed by atoms with Crippen LogP contribution in [0.2, 0.25) is 0 Å². The molecule has 1 atom stereocenters. The van der Waals surface area contributed by atoms with Gasteiger partial charge in [0, 0.05) is 52.3 Å². The van der Waals surface area contributed by atoms with Gasteiger partial charge in [-0.1, -0.05) is 18.2 Å². The molecule has 1 aromatic rings. The normalized spacial score (nSPS) is 20.0. The van der Waals surface area contributed by atoms with Crippen LogP contribution in [0, 0.1) is 0 Å². The van der Waals surface area contributed by atoms with Crippen molar-refractivity contribution in [2.45, 2.75) is 37.3 Å². The molecular weight excluding hydrogens is 433 g/mol. The van der Waals surface area contributed by atoms with E-state index in [0.29, 0.717) is 6.61 Å². The van der Waals surface area contributed by atoms with Gasteiger partial charge in [0.2, 0.25) is 5.91 Å². The van der Waals surface area contributed by atoms with Gasteiger partial charge >= 0.3 is 12.1 Å². The molecule has 0 aromatic heterocycles. The maximum atomic E-state index is 11.7. The first-order chi connectivity index (χ1) is 15.0. The van der Waals surface area contributed by atoms with Crippen LogP contribution in [0.5, 0.6) is 5.75 Å². The van der Waals surface area contributed by atoms with E-state index < -0.39 is 12.1 Å². The fourth-order valence-electron chi connectivity index (χ4n) is 3.62. The second kappa shape index (κ2) is 11.0. The summed E-state index contributed by atoms with van der Waals surface area (Å²) in [5, 5.41) is 7.12. The Balaban J connectivity index is 0.000000451. The Kier molecular flexibility index (Phi) is 8.88. The number of carbonyl (C=O) groups is 2. The van der Waals surface area contributed by atoms with Crippen LogP contribution in [0.25, 0.3) is 0 Å². The smallest absolute Gasteiger partial charge is 0.490 e. The van der Waals surface area contributed by atoms with Crippen molar-refractivity contribution in [3.05, 3.63) is 29.8 Å². The summed E-state index contributed by atoms with van der Waals surface area (Å²) in [6, 6.07) is 8.12. The van der Waals surface area contributed by atoms with Crippen LogP contribution in [0.1, 0.15) is 18.4 Å². The third kappa shape index (κ3) is 7.35. The van der Waals surface area contributed by atoms with Crippen LogP contribution >= 0.6 is 0 Å². The quantitative estimate of drug-likeness (QED) is 0.693. The van der Waals surface area contributed by atoms with Crippen LogP contribution in [0.15, 0.2) is 24.3 Å². The summed E-state index contributed by atoms with van der Waals surface area (Å²) in [6.45, 7) is 3.50. The molecule has 2 saturated heterocycles. The average molecular weight is 462 g/mol. The molecule has 11 heteroatoms. The molecule has 8 nitrogen and oxygen atoms in total. The first-order valence-corrected chi connectivity index (χ1v) is 10.1. The van der Waals surface area contributed by atoms with E-state index in [4.69, 9.17) is 24.1 Å². The van der Waals surface area contributed by atoms with Gasteiger partial charge in [0.15, 0.2) is 0 Å². The number of para-hydroxylation sites is 1. The number of ether oxygens (including phenoxy) is 3. The topological polar surface area (TPSA) is 88.5 Å². The summed E-state index contributed by atoms with van der Waals surface area (Å²) in [5.74, 6) is -1.82. The number of likely N-dealkylation sites (N-methyl/N-ethyl adjacent to an activating group) is 1. The molecule has 1 amide bonds. The zero-order valence-electron chi connectivity index (χ0n) is 18.4. The molecular formula is C21H29F3N2O6. The predicted octanol–water partition coefficient (Wildman–Crippen LogP) is 2.17. The van der Waals surface area contributed by atoms with Gasteiger partial charge in [0.25, 0.3) is 0 Å². The number of methoxy groups -OCH3 is 1. The molecule has 0 radical (unpaired) electrons. The highest BCUT2D eigenvalue weighted by Crippen LogP contribution is 2.36. The minimum Gasteiger partial charge on any atom is -0.496 e. The van der Waals surface area contributed by atoms with Crippen molar-refractivity contribution >= 4 is 11.9 Å². The highest BCUT2D eigenvalue weighted by atomic mass is 19.4. The largest absolute Gasteiger partial charge is 0.496 e. The Labute approximate surface area is 184 Å². The maximum absolute atomic E-state index is 11.7. The van der Waals surface area contributed by atoms with Crippen LogP contribution in [0.3, 0.4) is 0 Å². The molecule has 0 bridgehead atoms. The number of benzene rings is 1. The average Bonchev–Trinajstić information content (AvgIpc) is 2.71. The number of carboxylic acids is 1. The van der Waals surface area contributed by atoms with E-state index in [1.165, 1.54) is 5.56 Å². The van der Waals surface area contributed by atoms with E-state index in [-0.39, 0.29) is 24.2 Å². The van der Waals surface area contributed by atoms with E-state index in [1.54, 1.807) is 26.1 Å². The van der Waals surface area contributed by atoms with E-state index in [0.717, 1.165) is 38.2 Å². The molecule has 1 N–H and O–H groups in total. The number of alkyl halides is 3. The van der Waals surface area contributed by atoms with Crippen LogP contribution in [-0.2, 0) is 25.6 Å². The van der Waals surface area contributed by atoms with E-state index in [9.17, 15) is 18.0 Å². The maximum Gasteiger partial charge on any atom is 0.490 e. The van der Waals surface area contributed by atoms with E-state index >= 15 is 0 Å². The van der Waals surface area contributed by atoms with Crippen molar-refractivity contribution < 1.29 is 42.1 Å². The lowest BCUT2D eigenvalue weighted by molar-refractivity contribution is -0.200. The molecule has 0 aliphatic carbocycles. The number of amides is 1. The summed E-state index contributed by atoms with van der Waals surface area (Å²) in [5.41, 5.74) is 1.08. The molecule has 2 heterocycles. The fraction of sp³-hybridized carbons (Fsp3) is 0.619. The van der Waals surface area contributed by atoms with Gasteiger partial charge in [-0.3, -0.25) is 9.69 Å². The summed E-state index contributed by atoms with van der Waals surface area (Å²) >= 11 is 0. The summed E-state index contributed by atoms with van der Waals surface area (Å²) < 4.78 is 49.0. The number of nitrogens with zero attached hydrogens (tertiary/aromatic N) is 2. The predicted molar refractivity (Wildman–Crippen MR) is 108 cm³/mol. The Morgan fingerprint density at radius 3 is 2.47 bits per heavy atom. The number of hydrogen-bond donors (Lipinski definition) is 1. The SMILES string of the molecule is COc1ccccc1CN1CC2(CC(OCC(=O)N(C)C)CCO2)C1.O=C(O)C(F)(F)F. The number of carboxylic acid groups (broad SMARTS) is 1. The standard InChI is InChI=1S/C19H28N2O4.C2HF3O2/c1-20(2)18(22)12-24-16-8-9-25-19(10-16)13-21(14-19)11-15-6-4-5-7-17(15)23-3;3-2(4,5)1(6)7/h4-7,16H,8-14H2,1-3H3;(H,6,7). The van der Waals surface area contributed by atoms with E-state index in [1.807, 2.05) is 18.2 Å². The number of hydrogen-bond acceptors (Lipinski definition) is 6. The Bertz CT molecular complexity index is 781. The summed E-state index contributed by atoms with van der Waals surface area (Å²) in [6.07, 6.45) is -3.27. The second-order valence-electron chi connectivity index (χ2n) is 8.01. The molecule has 180 valence electrons. The van der Waals surface area contributed by atoms with Gasteiger partial charge in [-0.25, -0.2) is 4.79 Å². The molecule has 32 heavy (non-hydrogen) atoms. The summed E-state index contributed by atoms with van der Waals surface area (Å²) in [7, 11) is 5.20. The minimum absolute atomic E-state index is 0.00644. The van der Waals surface area contributed by atoms with Crippen molar-refractivity contribution in [1.29, 1.82) is 0 Å². The third-order valence-electron chi connectivity index (χ3n) is 5.24. The van der Waals surface area contributed by atoms with Crippen molar-refractivity contribution in [2.24, 2.45) is 0 Å². The molecule has 1 spiro atoms. The van der Waals surface area contributed by atoms with Gasteiger partial charge in [-0.2, -0.15) is 13.2 Å². The first-order valence-electron chi connectivity index (χ1n) is 10.1. The lowest BCUT2D eigenvalue weighted by atomic mass is 9.84. The van der Waals surface area contributed by atoms with Gasteiger partial charge < -0.3 is 24.2 Å². The van der Waals surface area contributed by atoms with Crippen molar-refractivity contribution in [3.8, 4) is 5.75 Å². The number of likely N-dealkylation sites (tertiary alicyclic amines) is 1. The zero-order valence-corrected chi connectivity index (χ0v) is 18.4. The number of aliphatic carboxylic acids is 1. The summed E-state index contributed by atoms with van der Waals surface area (Å²) in [4.78, 5) is 24.5. The molecule has 2 fully saturated rings. The second-order valence-corrected chi connectivity index (χ2v) is 8.01. The zero-order chi connectivity index (χ0) is 23.9. The fourth-order valence-corrected chi connectivity index (χ4v) is 3.62. The number of halogens is 3. The van der Waals surface area contributed by atoms with Gasteiger partial charge in [-0.15, -0.1) is 0 Å². The van der Waals surface area contributed by atoms with Crippen LogP contribution < -0.4 is 4.74 Å². The van der Waals surface area contributed by atoms with Crippen LogP contribution in [0.4, 0.5) is 13.2 Å². The van der Waals surface area contributed by atoms with Gasteiger partial charge in [0.05, 0.1) is 18.8 Å². The number of carbonyl (C=O) groups excluding carboxylic acids is 1. The third-order valence-corrected chi connectivity index (χ3v) is 5.24. The molecule has 2 aliphatic heterocycles. The first kappa shape index (κ1) is 25.9. The Morgan fingerprint density at radius 2 is 1.91 bits per heavy atom. The molecule has 3 rings (SSSR count). The molecule has 1 unspecified atom stereocenters. The highest BCUT2D eigenvalue weighted by Gasteiger charge is 2.47. The van der Waals surface area contributed by atoms with Gasteiger partial charge in [0.1, 0.15) is 12.4 Å². The lowest BCUT2D eigenvalue weighted by Crippen LogP contribution is -2.65. The Hall–Kier alpha value is -2.37. The molecule has 2 aliphatic rings. The highest BCUT2D eigenvalue weighted by molar-refractivity contribution is 5.76. The van der Waals surface area contributed by atoms with Crippen molar-refractivity contribution in [1.82, 2.24) is 9.80 Å². The Morgan fingerprint density at radius 1 is 1.28 bits per heavy atom. The lowest BCUT2D eigenvalue weighted by Gasteiger charge is -2.53. The van der Waals surface area contributed by atoms with E-state index in [2.05, 4.69) is 11.0 Å². The van der Waals surface area contributed by atoms with Crippen LogP contribution in [-0.4, -0.2) is 92.2 Å². The minimum atomic E-state index is -5.08. The monoisotopic (exact) mass is 462 g/mol. The number of rotatable bonds is 6. The van der Waals surface area contributed by atoms with Crippen molar-refractivity contribution in [3.63, 3.8) is 0 Å². The molecule has 1 aromatic carbocycles. The van der Waals surface area contributed by atoms with Crippen molar-refractivity contribution in [2.75, 3.05) is 47.5 Å². The molecule has 0 saturated carbocycles.